The van der Waals surface area contributed by atoms with Gasteiger partial charge in [-0.2, -0.15) is 10.1 Å². The molecule has 0 radical (unpaired) electrons. The predicted molar refractivity (Wildman–Crippen MR) is 130 cm³/mol. The van der Waals surface area contributed by atoms with Crippen LogP contribution in [0.5, 0.6) is 5.75 Å². The molecule has 4 nitrogen and oxygen atoms in total. The summed E-state index contributed by atoms with van der Waals surface area (Å²) < 4.78 is 6.22. The van der Waals surface area contributed by atoms with Gasteiger partial charge in [-0.05, 0) is 60.0 Å². The number of halogens is 1. The number of methoxy groups -OCH3 is 1. The highest BCUT2D eigenvalue weighted by Crippen LogP contribution is 2.31. The van der Waals surface area contributed by atoms with Crippen LogP contribution in [0.15, 0.2) is 100 Å². The highest BCUT2D eigenvalue weighted by molar-refractivity contribution is 9.10. The fraction of sp³-hybridized carbons (Fsp3) is 0.0769. The van der Waals surface area contributed by atoms with E-state index in [0.717, 1.165) is 32.6 Å². The van der Waals surface area contributed by atoms with Crippen LogP contribution >= 0.6 is 15.9 Å². The largest absolute Gasteiger partial charge is 0.497 e. The van der Waals surface area contributed by atoms with E-state index >= 15 is 0 Å². The highest BCUT2D eigenvalue weighted by Gasteiger charge is 2.31. The number of amides is 1. The maximum atomic E-state index is 13.4. The third-order valence-electron chi connectivity index (χ3n) is 5.00. The van der Waals surface area contributed by atoms with Gasteiger partial charge in [0.2, 0.25) is 0 Å². The molecule has 4 rings (SSSR count). The molecule has 31 heavy (non-hydrogen) atoms. The zero-order valence-corrected chi connectivity index (χ0v) is 18.8. The van der Waals surface area contributed by atoms with E-state index in [1.165, 1.54) is 5.01 Å². The summed E-state index contributed by atoms with van der Waals surface area (Å²) in [6.45, 7) is 1.87. The second-order valence-corrected chi connectivity index (χ2v) is 7.96. The van der Waals surface area contributed by atoms with Crippen molar-refractivity contribution in [3.05, 3.63) is 106 Å². The molecule has 0 aromatic heterocycles. The fourth-order valence-electron chi connectivity index (χ4n) is 3.41. The van der Waals surface area contributed by atoms with Crippen molar-refractivity contribution in [2.24, 2.45) is 5.10 Å². The van der Waals surface area contributed by atoms with Gasteiger partial charge in [-0.25, -0.2) is 0 Å². The molecule has 154 valence electrons. The van der Waals surface area contributed by atoms with Gasteiger partial charge in [0.1, 0.15) is 5.75 Å². The first-order valence-electron chi connectivity index (χ1n) is 9.84. The number of carbonyl (C=O) groups excluding carboxylic acids is 1. The highest BCUT2D eigenvalue weighted by atomic mass is 79.9. The molecule has 0 saturated heterocycles. The molecule has 0 bridgehead atoms. The number of para-hydroxylation sites is 1. The third kappa shape index (κ3) is 4.52. The molecule has 3 aromatic rings. The Labute approximate surface area is 190 Å². The Kier molecular flexibility index (Phi) is 6.14. The van der Waals surface area contributed by atoms with E-state index in [9.17, 15) is 4.79 Å². The summed E-state index contributed by atoms with van der Waals surface area (Å²) in [5, 5.41) is 6.01. The number of hydrogen-bond acceptors (Lipinski definition) is 3. The molecule has 3 aromatic carbocycles. The maximum Gasteiger partial charge on any atom is 0.281 e. The van der Waals surface area contributed by atoms with Gasteiger partial charge in [-0.3, -0.25) is 4.79 Å². The molecule has 1 amide bonds. The Morgan fingerprint density at radius 3 is 2.29 bits per heavy atom. The van der Waals surface area contributed by atoms with Gasteiger partial charge < -0.3 is 4.74 Å². The van der Waals surface area contributed by atoms with Crippen LogP contribution in [0.3, 0.4) is 0 Å². The first-order valence-corrected chi connectivity index (χ1v) is 10.6. The standard InChI is InChI=1S/C26H21BrN2O2/c1-18-25(26(30)29(28-18)22-6-4-3-5-7-22)24(20-11-13-21(27)14-12-20)17-10-19-8-15-23(31-2)16-9-19/h3-17H,1-2H3/b17-10+,25-24-. The predicted octanol–water partition coefficient (Wildman–Crippen LogP) is 6.35. The summed E-state index contributed by atoms with van der Waals surface area (Å²) in [6.07, 6.45) is 3.97. The van der Waals surface area contributed by atoms with Gasteiger partial charge in [-0.1, -0.05) is 70.5 Å². The normalized spacial score (nSPS) is 15.4. The van der Waals surface area contributed by atoms with E-state index in [-0.39, 0.29) is 5.91 Å². The number of rotatable bonds is 5. The van der Waals surface area contributed by atoms with Gasteiger partial charge in [0.15, 0.2) is 0 Å². The number of allylic oxidation sites excluding steroid dienone is 2. The molecule has 1 aliphatic rings. The van der Waals surface area contributed by atoms with Crippen LogP contribution in [0.1, 0.15) is 18.1 Å². The van der Waals surface area contributed by atoms with E-state index in [4.69, 9.17) is 4.74 Å². The number of hydrazone groups is 1. The molecule has 0 unspecified atom stereocenters. The number of anilines is 1. The zero-order chi connectivity index (χ0) is 21.8. The summed E-state index contributed by atoms with van der Waals surface area (Å²) in [7, 11) is 1.65. The number of benzene rings is 3. The van der Waals surface area contributed by atoms with E-state index in [0.29, 0.717) is 11.3 Å². The van der Waals surface area contributed by atoms with Crippen LogP contribution in [-0.4, -0.2) is 18.7 Å². The Hall–Kier alpha value is -3.44. The van der Waals surface area contributed by atoms with Crippen LogP contribution in [-0.2, 0) is 4.79 Å². The van der Waals surface area contributed by atoms with E-state index in [2.05, 4.69) is 21.0 Å². The number of nitrogens with zero attached hydrogens (tertiary/aromatic N) is 2. The minimum atomic E-state index is -0.138. The lowest BCUT2D eigenvalue weighted by Crippen LogP contribution is -2.21. The molecule has 1 aliphatic heterocycles. The van der Waals surface area contributed by atoms with Gasteiger partial charge in [0.05, 0.1) is 24.1 Å². The fourth-order valence-corrected chi connectivity index (χ4v) is 3.67. The van der Waals surface area contributed by atoms with Crippen LogP contribution in [0.4, 0.5) is 5.69 Å². The molecule has 0 N–H and O–H groups in total. The smallest absolute Gasteiger partial charge is 0.281 e. The van der Waals surface area contributed by atoms with Crippen molar-refractivity contribution in [1.82, 2.24) is 0 Å². The van der Waals surface area contributed by atoms with Crippen LogP contribution in [0.2, 0.25) is 0 Å². The monoisotopic (exact) mass is 472 g/mol. The number of hydrogen-bond donors (Lipinski definition) is 0. The van der Waals surface area contributed by atoms with E-state index in [1.807, 2.05) is 97.9 Å². The Balaban J connectivity index is 1.79. The molecule has 0 aliphatic carbocycles. The minimum absolute atomic E-state index is 0.138. The summed E-state index contributed by atoms with van der Waals surface area (Å²) in [5.74, 6) is 0.664. The SMILES string of the molecule is COc1ccc(/C=C/C(=C2/C(=O)N(c3ccccc3)N=C2C)c2ccc(Br)cc2)cc1. The Morgan fingerprint density at radius 2 is 1.65 bits per heavy atom. The first kappa shape index (κ1) is 20.8. The van der Waals surface area contributed by atoms with Crippen molar-refractivity contribution in [2.75, 3.05) is 12.1 Å². The second-order valence-electron chi connectivity index (χ2n) is 7.04. The van der Waals surface area contributed by atoms with E-state index in [1.54, 1.807) is 7.11 Å². The lowest BCUT2D eigenvalue weighted by Gasteiger charge is -2.13. The Morgan fingerprint density at radius 1 is 0.968 bits per heavy atom. The quantitative estimate of drug-likeness (QED) is 0.406. The molecular weight excluding hydrogens is 452 g/mol. The average molecular weight is 473 g/mol. The number of ether oxygens (including phenoxy) is 1. The van der Waals surface area contributed by atoms with Crippen molar-refractivity contribution >= 4 is 44.9 Å². The van der Waals surface area contributed by atoms with Crippen molar-refractivity contribution < 1.29 is 9.53 Å². The lowest BCUT2D eigenvalue weighted by molar-refractivity contribution is -0.114. The molecule has 1 heterocycles. The Bertz CT molecular complexity index is 1180. The van der Waals surface area contributed by atoms with Gasteiger partial charge >= 0.3 is 0 Å². The van der Waals surface area contributed by atoms with Gasteiger partial charge in [0.25, 0.3) is 5.91 Å². The summed E-state index contributed by atoms with van der Waals surface area (Å²) in [4.78, 5) is 13.4. The summed E-state index contributed by atoms with van der Waals surface area (Å²) >= 11 is 3.49. The second kappa shape index (κ2) is 9.14. The van der Waals surface area contributed by atoms with Crippen molar-refractivity contribution in [2.45, 2.75) is 6.92 Å². The summed E-state index contributed by atoms with van der Waals surface area (Å²) in [5.41, 5.74) is 4.81. The molecule has 5 heteroatoms. The molecule has 0 atom stereocenters. The topological polar surface area (TPSA) is 41.9 Å². The minimum Gasteiger partial charge on any atom is -0.497 e. The van der Waals surface area contributed by atoms with E-state index < -0.39 is 0 Å². The van der Waals surface area contributed by atoms with Crippen LogP contribution in [0, 0.1) is 0 Å². The van der Waals surface area contributed by atoms with Crippen molar-refractivity contribution in [3.63, 3.8) is 0 Å². The number of carbonyl (C=O) groups is 1. The first-order chi connectivity index (χ1) is 15.1. The lowest BCUT2D eigenvalue weighted by atomic mass is 9.96. The zero-order valence-electron chi connectivity index (χ0n) is 17.2. The van der Waals surface area contributed by atoms with Crippen molar-refractivity contribution in [3.8, 4) is 5.75 Å². The van der Waals surface area contributed by atoms with Crippen LogP contribution in [0.25, 0.3) is 11.6 Å². The molecule has 0 fully saturated rings. The summed E-state index contributed by atoms with van der Waals surface area (Å²) in [6, 6.07) is 25.2. The maximum absolute atomic E-state index is 13.4. The van der Waals surface area contributed by atoms with Crippen molar-refractivity contribution in [1.29, 1.82) is 0 Å². The van der Waals surface area contributed by atoms with Crippen LogP contribution < -0.4 is 9.75 Å². The third-order valence-corrected chi connectivity index (χ3v) is 5.53. The molecular formula is C26H21BrN2O2. The van der Waals surface area contributed by atoms with Gasteiger partial charge in [0, 0.05) is 4.47 Å². The van der Waals surface area contributed by atoms with Gasteiger partial charge in [-0.15, -0.1) is 0 Å². The molecule has 0 spiro atoms. The molecule has 0 saturated carbocycles. The average Bonchev–Trinajstić information content (AvgIpc) is 3.10.